The number of ether oxygens (including phenoxy) is 1. The van der Waals surface area contributed by atoms with Crippen LogP contribution in [0.2, 0.25) is 5.02 Å². The van der Waals surface area contributed by atoms with Crippen LogP contribution in [0.3, 0.4) is 0 Å². The van der Waals surface area contributed by atoms with E-state index >= 15 is 0 Å². The molecule has 3 aromatic rings. The van der Waals surface area contributed by atoms with E-state index < -0.39 is 0 Å². The lowest BCUT2D eigenvalue weighted by Crippen LogP contribution is -2.26. The second-order valence-corrected chi connectivity index (χ2v) is 7.67. The summed E-state index contributed by atoms with van der Waals surface area (Å²) in [5.74, 6) is 1.02. The number of rotatable bonds is 7. The molecule has 28 heavy (non-hydrogen) atoms. The Morgan fingerprint density at radius 3 is 2.86 bits per heavy atom. The Hall–Kier alpha value is -2.25. The van der Waals surface area contributed by atoms with E-state index in [2.05, 4.69) is 26.3 Å². The van der Waals surface area contributed by atoms with Crippen LogP contribution in [0.15, 0.2) is 45.4 Å². The van der Waals surface area contributed by atoms with E-state index in [1.54, 1.807) is 24.3 Å². The van der Waals surface area contributed by atoms with E-state index in [0.29, 0.717) is 16.5 Å². The third-order valence-electron chi connectivity index (χ3n) is 4.27. The van der Waals surface area contributed by atoms with E-state index in [4.69, 9.17) is 20.8 Å². The van der Waals surface area contributed by atoms with Gasteiger partial charge < -0.3 is 14.5 Å². The Morgan fingerprint density at radius 2 is 2.18 bits per heavy atom. The van der Waals surface area contributed by atoms with Crippen molar-refractivity contribution in [2.24, 2.45) is 0 Å². The SMILES string of the molecule is CCn1cc(C(C)NC(=O)c2ccc(COc3ccc(Br)cc3Cl)o2)c(C)n1. The van der Waals surface area contributed by atoms with Crippen molar-refractivity contribution < 1.29 is 13.9 Å². The predicted octanol–water partition coefficient (Wildman–Crippen LogP) is 5.29. The molecule has 0 aliphatic carbocycles. The molecule has 2 aromatic heterocycles. The van der Waals surface area contributed by atoms with Gasteiger partial charge in [0.1, 0.15) is 18.1 Å². The van der Waals surface area contributed by atoms with Crippen molar-refractivity contribution in [2.45, 2.75) is 40.0 Å². The van der Waals surface area contributed by atoms with Crippen molar-refractivity contribution >= 4 is 33.4 Å². The summed E-state index contributed by atoms with van der Waals surface area (Å²) >= 11 is 9.48. The quantitative estimate of drug-likeness (QED) is 0.513. The summed E-state index contributed by atoms with van der Waals surface area (Å²) in [6, 6.07) is 8.52. The van der Waals surface area contributed by atoms with Crippen LogP contribution >= 0.6 is 27.5 Å². The number of carbonyl (C=O) groups is 1. The van der Waals surface area contributed by atoms with E-state index in [1.807, 2.05) is 37.7 Å². The molecule has 1 atom stereocenters. The number of amides is 1. The van der Waals surface area contributed by atoms with Gasteiger partial charge in [-0.2, -0.15) is 5.10 Å². The monoisotopic (exact) mass is 465 g/mol. The molecule has 1 unspecified atom stereocenters. The molecule has 0 bridgehead atoms. The molecule has 1 N–H and O–H groups in total. The standard InChI is InChI=1S/C20H21BrClN3O3/c1-4-25-10-16(13(3)24-25)12(2)23-20(26)19-8-6-15(28-19)11-27-18-7-5-14(21)9-17(18)22/h5-10,12H,4,11H2,1-3H3,(H,23,26). The van der Waals surface area contributed by atoms with Crippen LogP contribution in [0, 0.1) is 6.92 Å². The molecule has 0 fully saturated rings. The number of carbonyl (C=O) groups excluding carboxylic acids is 1. The Balaban J connectivity index is 1.61. The van der Waals surface area contributed by atoms with Crippen LogP contribution in [0.1, 0.15) is 47.5 Å². The minimum Gasteiger partial charge on any atom is -0.484 e. The van der Waals surface area contributed by atoms with Crippen molar-refractivity contribution in [3.05, 3.63) is 68.8 Å². The van der Waals surface area contributed by atoms with Crippen molar-refractivity contribution in [1.29, 1.82) is 0 Å². The smallest absolute Gasteiger partial charge is 0.287 e. The lowest BCUT2D eigenvalue weighted by molar-refractivity contribution is 0.0907. The summed E-state index contributed by atoms with van der Waals surface area (Å²) < 4.78 is 14.0. The zero-order valence-electron chi connectivity index (χ0n) is 15.8. The molecule has 0 saturated carbocycles. The van der Waals surface area contributed by atoms with Crippen molar-refractivity contribution in [2.75, 3.05) is 0 Å². The van der Waals surface area contributed by atoms with E-state index in [-0.39, 0.29) is 24.3 Å². The molecule has 0 aliphatic heterocycles. The van der Waals surface area contributed by atoms with Gasteiger partial charge in [0.15, 0.2) is 5.76 Å². The number of nitrogens with one attached hydrogen (secondary N) is 1. The highest BCUT2D eigenvalue weighted by Gasteiger charge is 2.18. The topological polar surface area (TPSA) is 69.3 Å². The third-order valence-corrected chi connectivity index (χ3v) is 5.06. The molecule has 2 heterocycles. The summed E-state index contributed by atoms with van der Waals surface area (Å²) in [5.41, 5.74) is 1.88. The summed E-state index contributed by atoms with van der Waals surface area (Å²) in [4.78, 5) is 12.5. The number of aromatic nitrogens is 2. The minimum atomic E-state index is -0.288. The molecule has 8 heteroatoms. The fraction of sp³-hybridized carbons (Fsp3) is 0.300. The highest BCUT2D eigenvalue weighted by molar-refractivity contribution is 9.10. The molecule has 0 aliphatic rings. The zero-order chi connectivity index (χ0) is 20.3. The van der Waals surface area contributed by atoms with Gasteiger partial charge in [0.2, 0.25) is 0 Å². The molecular formula is C20H21BrClN3O3. The number of furan rings is 1. The highest BCUT2D eigenvalue weighted by Crippen LogP contribution is 2.28. The van der Waals surface area contributed by atoms with Gasteiger partial charge >= 0.3 is 0 Å². The summed E-state index contributed by atoms with van der Waals surface area (Å²) in [6.45, 7) is 6.83. The first kappa shape index (κ1) is 20.5. The minimum absolute atomic E-state index is 0.173. The maximum Gasteiger partial charge on any atom is 0.287 e. The van der Waals surface area contributed by atoms with Gasteiger partial charge in [-0.3, -0.25) is 9.48 Å². The van der Waals surface area contributed by atoms with Crippen molar-refractivity contribution in [3.63, 3.8) is 0 Å². The van der Waals surface area contributed by atoms with Crippen LogP contribution in [-0.4, -0.2) is 15.7 Å². The van der Waals surface area contributed by atoms with E-state index in [9.17, 15) is 4.79 Å². The maximum absolute atomic E-state index is 12.5. The number of nitrogens with zero attached hydrogens (tertiary/aromatic N) is 2. The highest BCUT2D eigenvalue weighted by atomic mass is 79.9. The van der Waals surface area contributed by atoms with Gasteiger partial charge in [-0.15, -0.1) is 0 Å². The molecule has 6 nitrogen and oxygen atoms in total. The first-order chi connectivity index (χ1) is 13.4. The fourth-order valence-electron chi connectivity index (χ4n) is 2.78. The number of benzene rings is 1. The molecular weight excluding hydrogens is 446 g/mol. The Bertz CT molecular complexity index is 983. The second kappa shape index (κ2) is 8.84. The molecule has 1 amide bonds. The summed E-state index contributed by atoms with van der Waals surface area (Å²) in [6.07, 6.45) is 1.95. The first-order valence-electron chi connectivity index (χ1n) is 8.88. The van der Waals surface area contributed by atoms with Crippen LogP contribution in [0.25, 0.3) is 0 Å². The van der Waals surface area contributed by atoms with Gasteiger partial charge in [0.25, 0.3) is 5.91 Å². The summed E-state index contributed by atoms with van der Waals surface area (Å²) in [7, 11) is 0. The Morgan fingerprint density at radius 1 is 1.39 bits per heavy atom. The van der Waals surface area contributed by atoms with Gasteiger partial charge in [0.05, 0.1) is 16.8 Å². The summed E-state index contributed by atoms with van der Waals surface area (Å²) in [5, 5.41) is 7.85. The lowest BCUT2D eigenvalue weighted by Gasteiger charge is -2.12. The zero-order valence-corrected chi connectivity index (χ0v) is 18.2. The van der Waals surface area contributed by atoms with Crippen LogP contribution in [-0.2, 0) is 13.2 Å². The fourth-order valence-corrected chi connectivity index (χ4v) is 3.51. The van der Waals surface area contributed by atoms with Crippen LogP contribution in [0.4, 0.5) is 0 Å². The molecule has 0 saturated heterocycles. The van der Waals surface area contributed by atoms with Gasteiger partial charge in [-0.05, 0) is 51.1 Å². The van der Waals surface area contributed by atoms with E-state index in [1.165, 1.54) is 0 Å². The lowest BCUT2D eigenvalue weighted by atomic mass is 10.1. The maximum atomic E-state index is 12.5. The second-order valence-electron chi connectivity index (χ2n) is 6.35. The number of halogens is 2. The average molecular weight is 467 g/mol. The number of hydrogen-bond donors (Lipinski definition) is 1. The van der Waals surface area contributed by atoms with E-state index in [0.717, 1.165) is 22.3 Å². The molecule has 0 radical (unpaired) electrons. The molecule has 0 spiro atoms. The Labute approximate surface area is 176 Å². The Kier molecular flexibility index (Phi) is 6.46. The van der Waals surface area contributed by atoms with Crippen LogP contribution < -0.4 is 10.1 Å². The van der Waals surface area contributed by atoms with Gasteiger partial charge in [0, 0.05) is 22.8 Å². The largest absolute Gasteiger partial charge is 0.484 e. The van der Waals surface area contributed by atoms with Crippen LogP contribution in [0.5, 0.6) is 5.75 Å². The molecule has 3 rings (SSSR count). The third kappa shape index (κ3) is 4.77. The van der Waals surface area contributed by atoms with Gasteiger partial charge in [-0.1, -0.05) is 27.5 Å². The number of aryl methyl sites for hydroxylation is 2. The molecule has 148 valence electrons. The van der Waals surface area contributed by atoms with Crippen molar-refractivity contribution in [3.8, 4) is 5.75 Å². The first-order valence-corrected chi connectivity index (χ1v) is 10.1. The average Bonchev–Trinajstić information content (AvgIpc) is 3.27. The number of hydrogen-bond acceptors (Lipinski definition) is 4. The molecule has 1 aromatic carbocycles. The predicted molar refractivity (Wildman–Crippen MR) is 111 cm³/mol. The van der Waals surface area contributed by atoms with Gasteiger partial charge in [-0.25, -0.2) is 0 Å². The van der Waals surface area contributed by atoms with Crippen molar-refractivity contribution in [1.82, 2.24) is 15.1 Å². The normalized spacial score (nSPS) is 12.0.